The number of anilines is 1. The summed E-state index contributed by atoms with van der Waals surface area (Å²) in [5.74, 6) is 0.727. The topological polar surface area (TPSA) is 47.3 Å². The quantitative estimate of drug-likeness (QED) is 0.678. The lowest BCUT2D eigenvalue weighted by Crippen LogP contribution is -2.19. The van der Waals surface area contributed by atoms with E-state index in [1.807, 2.05) is 24.3 Å². The van der Waals surface area contributed by atoms with Crippen LogP contribution in [0.5, 0.6) is 5.75 Å². The molecule has 3 N–H and O–H groups in total. The van der Waals surface area contributed by atoms with Crippen LogP contribution in [0.4, 0.5) is 5.69 Å². The van der Waals surface area contributed by atoms with Crippen molar-refractivity contribution in [2.75, 3.05) is 12.4 Å². The number of nitrogens with two attached hydrogens (primary N) is 1. The zero-order chi connectivity index (χ0) is 8.97. The highest BCUT2D eigenvalue weighted by Crippen LogP contribution is 2.22. The van der Waals surface area contributed by atoms with Crippen molar-refractivity contribution in [2.45, 2.75) is 0 Å². The van der Waals surface area contributed by atoms with Crippen molar-refractivity contribution in [1.82, 2.24) is 0 Å². The molecule has 3 nitrogen and oxygen atoms in total. The van der Waals surface area contributed by atoms with Crippen LogP contribution >= 0.6 is 12.2 Å². The van der Waals surface area contributed by atoms with Gasteiger partial charge in [0, 0.05) is 0 Å². The van der Waals surface area contributed by atoms with Gasteiger partial charge in [0.25, 0.3) is 0 Å². The van der Waals surface area contributed by atoms with E-state index in [1.165, 1.54) is 0 Å². The molecule has 0 atom stereocenters. The van der Waals surface area contributed by atoms with E-state index in [4.69, 9.17) is 22.7 Å². The third-order valence-electron chi connectivity index (χ3n) is 1.36. The Balaban J connectivity index is 2.89. The SMILES string of the molecule is COc1ccccc1NC(N)=S. The molecule has 0 spiro atoms. The number of thiocarbonyl (C=S) groups is 1. The van der Waals surface area contributed by atoms with Crippen LogP contribution in [0.25, 0.3) is 0 Å². The lowest BCUT2D eigenvalue weighted by atomic mass is 10.3. The summed E-state index contributed by atoms with van der Waals surface area (Å²) < 4.78 is 5.07. The van der Waals surface area contributed by atoms with Gasteiger partial charge in [0.15, 0.2) is 5.11 Å². The maximum atomic E-state index is 5.31. The van der Waals surface area contributed by atoms with E-state index in [2.05, 4.69) is 5.32 Å². The van der Waals surface area contributed by atoms with Crippen LogP contribution in [0.3, 0.4) is 0 Å². The van der Waals surface area contributed by atoms with Crippen molar-refractivity contribution in [1.29, 1.82) is 0 Å². The van der Waals surface area contributed by atoms with E-state index >= 15 is 0 Å². The molecule has 0 saturated heterocycles. The molecule has 0 unspecified atom stereocenters. The van der Waals surface area contributed by atoms with Gasteiger partial charge >= 0.3 is 0 Å². The van der Waals surface area contributed by atoms with Gasteiger partial charge in [-0.25, -0.2) is 0 Å². The summed E-state index contributed by atoms with van der Waals surface area (Å²) in [6.07, 6.45) is 0. The first-order chi connectivity index (χ1) is 5.74. The zero-order valence-electron chi connectivity index (χ0n) is 6.70. The molecule has 0 bridgehead atoms. The normalized spacial score (nSPS) is 9.08. The zero-order valence-corrected chi connectivity index (χ0v) is 7.52. The van der Waals surface area contributed by atoms with E-state index in [0.29, 0.717) is 0 Å². The van der Waals surface area contributed by atoms with Crippen LogP contribution < -0.4 is 15.8 Å². The number of nitrogens with one attached hydrogen (secondary N) is 1. The summed E-state index contributed by atoms with van der Waals surface area (Å²) >= 11 is 4.70. The minimum atomic E-state index is 0.236. The van der Waals surface area contributed by atoms with Crippen LogP contribution in [0.2, 0.25) is 0 Å². The second kappa shape index (κ2) is 3.92. The predicted molar refractivity (Wildman–Crippen MR) is 53.4 cm³/mol. The highest BCUT2D eigenvalue weighted by molar-refractivity contribution is 7.80. The van der Waals surface area contributed by atoms with Crippen molar-refractivity contribution in [3.63, 3.8) is 0 Å². The maximum Gasteiger partial charge on any atom is 0.168 e. The van der Waals surface area contributed by atoms with Gasteiger partial charge < -0.3 is 15.8 Å². The molecule has 0 amide bonds. The molecule has 1 aromatic carbocycles. The Morgan fingerprint density at radius 1 is 1.50 bits per heavy atom. The molecule has 0 fully saturated rings. The largest absolute Gasteiger partial charge is 0.495 e. The van der Waals surface area contributed by atoms with Gasteiger partial charge in [-0.05, 0) is 24.4 Å². The summed E-state index contributed by atoms with van der Waals surface area (Å²) in [6, 6.07) is 7.44. The van der Waals surface area contributed by atoms with E-state index in [9.17, 15) is 0 Å². The second-order valence-electron chi connectivity index (χ2n) is 2.19. The minimum absolute atomic E-state index is 0.236. The fourth-order valence-corrected chi connectivity index (χ4v) is 0.991. The number of benzene rings is 1. The number of hydrogen-bond acceptors (Lipinski definition) is 2. The lowest BCUT2D eigenvalue weighted by Gasteiger charge is -2.08. The number of ether oxygens (including phenoxy) is 1. The summed E-state index contributed by atoms with van der Waals surface area (Å²) in [7, 11) is 1.60. The van der Waals surface area contributed by atoms with Crippen molar-refractivity contribution >= 4 is 23.0 Å². The Morgan fingerprint density at radius 3 is 2.75 bits per heavy atom. The van der Waals surface area contributed by atoms with Gasteiger partial charge in [0.05, 0.1) is 12.8 Å². The summed E-state index contributed by atoms with van der Waals surface area (Å²) in [4.78, 5) is 0. The predicted octanol–water partition coefficient (Wildman–Crippen LogP) is 1.35. The average molecular weight is 182 g/mol. The summed E-state index contributed by atoms with van der Waals surface area (Å²) in [5, 5.41) is 3.04. The van der Waals surface area contributed by atoms with Gasteiger partial charge in [0.1, 0.15) is 5.75 Å². The van der Waals surface area contributed by atoms with Gasteiger partial charge in [-0.15, -0.1) is 0 Å². The molecule has 4 heteroatoms. The third kappa shape index (κ3) is 2.10. The molecule has 0 aliphatic rings. The van der Waals surface area contributed by atoms with Crippen LogP contribution in [0, 0.1) is 0 Å². The molecule has 12 heavy (non-hydrogen) atoms. The molecule has 0 radical (unpaired) electrons. The monoisotopic (exact) mass is 182 g/mol. The number of rotatable bonds is 2. The van der Waals surface area contributed by atoms with Crippen molar-refractivity contribution in [2.24, 2.45) is 5.73 Å². The van der Waals surface area contributed by atoms with Gasteiger partial charge in [-0.2, -0.15) is 0 Å². The molecular formula is C8H10N2OS. The lowest BCUT2D eigenvalue weighted by molar-refractivity contribution is 0.417. The highest BCUT2D eigenvalue weighted by Gasteiger charge is 1.99. The second-order valence-corrected chi connectivity index (χ2v) is 2.63. The Morgan fingerprint density at radius 2 is 2.17 bits per heavy atom. The first-order valence-electron chi connectivity index (χ1n) is 3.43. The maximum absolute atomic E-state index is 5.31. The molecule has 0 heterocycles. The van der Waals surface area contributed by atoms with Gasteiger partial charge in [-0.3, -0.25) is 0 Å². The van der Waals surface area contributed by atoms with Crippen LogP contribution in [-0.2, 0) is 0 Å². The minimum Gasteiger partial charge on any atom is -0.495 e. The van der Waals surface area contributed by atoms with E-state index in [-0.39, 0.29) is 5.11 Å². The third-order valence-corrected chi connectivity index (χ3v) is 1.47. The molecule has 0 aliphatic carbocycles. The fraction of sp³-hybridized carbons (Fsp3) is 0.125. The van der Waals surface area contributed by atoms with E-state index in [0.717, 1.165) is 11.4 Å². The van der Waals surface area contributed by atoms with Crippen molar-refractivity contribution in [3.8, 4) is 5.75 Å². The van der Waals surface area contributed by atoms with Crippen molar-refractivity contribution in [3.05, 3.63) is 24.3 Å². The molecular weight excluding hydrogens is 172 g/mol. The fourth-order valence-electron chi connectivity index (χ4n) is 0.881. The number of para-hydroxylation sites is 2. The Labute approximate surface area is 76.5 Å². The van der Waals surface area contributed by atoms with Gasteiger partial charge in [0.2, 0.25) is 0 Å². The van der Waals surface area contributed by atoms with E-state index < -0.39 is 0 Å². The van der Waals surface area contributed by atoms with Crippen LogP contribution in [0.1, 0.15) is 0 Å². The Bertz CT molecular complexity index is 288. The molecule has 0 aromatic heterocycles. The smallest absolute Gasteiger partial charge is 0.168 e. The summed E-state index contributed by atoms with van der Waals surface area (Å²) in [6.45, 7) is 0. The molecule has 1 aromatic rings. The first-order valence-corrected chi connectivity index (χ1v) is 3.84. The average Bonchev–Trinajstić information content (AvgIpc) is 2.04. The summed E-state index contributed by atoms with van der Waals surface area (Å²) in [5.41, 5.74) is 6.10. The van der Waals surface area contributed by atoms with Crippen molar-refractivity contribution < 1.29 is 4.74 Å². The molecule has 1 rings (SSSR count). The molecule has 64 valence electrons. The van der Waals surface area contributed by atoms with Crippen LogP contribution in [0.15, 0.2) is 24.3 Å². The standard InChI is InChI=1S/C8H10N2OS/c1-11-7-5-3-2-4-6(7)10-8(9)12/h2-5H,1H3,(H3,9,10,12). The Hall–Kier alpha value is -1.29. The van der Waals surface area contributed by atoms with Crippen LogP contribution in [-0.4, -0.2) is 12.2 Å². The number of methoxy groups -OCH3 is 1. The first kappa shape index (κ1) is 8.80. The van der Waals surface area contributed by atoms with E-state index in [1.54, 1.807) is 7.11 Å². The molecule has 0 saturated carbocycles. The molecule has 0 aliphatic heterocycles. The Kier molecular flexibility index (Phi) is 2.88. The highest BCUT2D eigenvalue weighted by atomic mass is 32.1. The number of hydrogen-bond donors (Lipinski definition) is 2. The van der Waals surface area contributed by atoms with Gasteiger partial charge in [-0.1, -0.05) is 12.1 Å².